The third kappa shape index (κ3) is 5.54. The molecular weight excluding hydrogens is 202 g/mol. The Morgan fingerprint density at radius 1 is 1.36 bits per heavy atom. The van der Waals surface area contributed by atoms with Crippen LogP contribution in [0.1, 0.15) is 27.2 Å². The molecule has 0 radical (unpaired) electrons. The van der Waals surface area contributed by atoms with Crippen molar-refractivity contribution in [2.75, 3.05) is 13.1 Å². The van der Waals surface area contributed by atoms with E-state index < -0.39 is 10.2 Å². The minimum absolute atomic E-state index is 0.133. The molecule has 86 valence electrons. The highest BCUT2D eigenvalue weighted by molar-refractivity contribution is 7.87. The van der Waals surface area contributed by atoms with E-state index in [-0.39, 0.29) is 12.0 Å². The van der Waals surface area contributed by atoms with Crippen LogP contribution in [0.25, 0.3) is 0 Å². The van der Waals surface area contributed by atoms with Crippen LogP contribution in [-0.4, -0.2) is 27.5 Å². The minimum atomic E-state index is -3.35. The van der Waals surface area contributed by atoms with Gasteiger partial charge < -0.3 is 5.73 Å². The number of rotatable bonds is 7. The van der Waals surface area contributed by atoms with Gasteiger partial charge in [-0.1, -0.05) is 13.8 Å². The van der Waals surface area contributed by atoms with Crippen molar-refractivity contribution in [3.8, 4) is 0 Å². The van der Waals surface area contributed by atoms with Crippen molar-refractivity contribution in [2.45, 2.75) is 33.2 Å². The third-order valence-corrected chi connectivity index (χ3v) is 3.37. The fourth-order valence-electron chi connectivity index (χ4n) is 0.843. The lowest BCUT2D eigenvalue weighted by Gasteiger charge is -2.19. The smallest absolute Gasteiger partial charge is 0.277 e. The average molecular weight is 223 g/mol. The van der Waals surface area contributed by atoms with Crippen LogP contribution in [0.2, 0.25) is 0 Å². The maximum absolute atomic E-state index is 11.4. The molecule has 4 N–H and O–H groups in total. The first-order valence-electron chi connectivity index (χ1n) is 4.90. The number of hydrogen-bond donors (Lipinski definition) is 3. The van der Waals surface area contributed by atoms with Crippen molar-refractivity contribution in [3.05, 3.63) is 0 Å². The lowest BCUT2D eigenvalue weighted by molar-refractivity contribution is 0.449. The van der Waals surface area contributed by atoms with Crippen LogP contribution >= 0.6 is 0 Å². The largest absolute Gasteiger partial charge is 0.330 e. The summed E-state index contributed by atoms with van der Waals surface area (Å²) in [4.78, 5) is 0. The Kier molecular flexibility index (Phi) is 6.26. The van der Waals surface area contributed by atoms with Crippen LogP contribution in [0.4, 0.5) is 0 Å². The van der Waals surface area contributed by atoms with Crippen LogP contribution in [0.15, 0.2) is 0 Å². The molecule has 0 amide bonds. The van der Waals surface area contributed by atoms with Crippen molar-refractivity contribution >= 4 is 10.2 Å². The van der Waals surface area contributed by atoms with Gasteiger partial charge in [0.25, 0.3) is 10.2 Å². The molecule has 0 heterocycles. The molecule has 0 aliphatic rings. The van der Waals surface area contributed by atoms with E-state index >= 15 is 0 Å². The van der Waals surface area contributed by atoms with E-state index in [1.54, 1.807) is 0 Å². The maximum Gasteiger partial charge on any atom is 0.277 e. The van der Waals surface area contributed by atoms with Gasteiger partial charge in [-0.15, -0.1) is 0 Å². The third-order valence-electron chi connectivity index (χ3n) is 2.11. The van der Waals surface area contributed by atoms with E-state index in [0.717, 1.165) is 6.42 Å². The molecule has 0 fully saturated rings. The summed E-state index contributed by atoms with van der Waals surface area (Å²) in [5, 5.41) is 0. The highest BCUT2D eigenvalue weighted by atomic mass is 32.2. The summed E-state index contributed by atoms with van der Waals surface area (Å²) in [5.41, 5.74) is 5.44. The Labute approximate surface area is 86.6 Å². The molecule has 0 rings (SSSR count). The predicted molar refractivity (Wildman–Crippen MR) is 58.0 cm³/mol. The summed E-state index contributed by atoms with van der Waals surface area (Å²) in [7, 11) is -3.35. The predicted octanol–water partition coefficient (Wildman–Crippen LogP) is -0.196. The van der Waals surface area contributed by atoms with Gasteiger partial charge in [-0.25, -0.2) is 4.72 Å². The van der Waals surface area contributed by atoms with Crippen LogP contribution in [-0.2, 0) is 10.2 Å². The van der Waals surface area contributed by atoms with Crippen molar-refractivity contribution < 1.29 is 8.42 Å². The zero-order chi connectivity index (χ0) is 11.2. The molecule has 5 nitrogen and oxygen atoms in total. The van der Waals surface area contributed by atoms with Gasteiger partial charge in [0.1, 0.15) is 0 Å². The van der Waals surface area contributed by atoms with Crippen molar-refractivity contribution in [2.24, 2.45) is 11.7 Å². The summed E-state index contributed by atoms with van der Waals surface area (Å²) in [6.07, 6.45) is 0.779. The molecule has 14 heavy (non-hydrogen) atoms. The number of nitrogens with one attached hydrogen (secondary N) is 2. The van der Waals surface area contributed by atoms with Gasteiger partial charge in [0.05, 0.1) is 0 Å². The van der Waals surface area contributed by atoms with E-state index in [1.165, 1.54) is 0 Å². The summed E-state index contributed by atoms with van der Waals surface area (Å²) in [5.74, 6) is 0.133. The molecule has 0 spiro atoms. The summed E-state index contributed by atoms with van der Waals surface area (Å²) in [6.45, 7) is 6.56. The van der Waals surface area contributed by atoms with Gasteiger partial charge in [-0.2, -0.15) is 13.1 Å². The van der Waals surface area contributed by atoms with E-state index in [1.807, 2.05) is 20.8 Å². The second kappa shape index (κ2) is 6.34. The van der Waals surface area contributed by atoms with E-state index in [4.69, 9.17) is 5.73 Å². The normalized spacial score (nSPS) is 16.6. The van der Waals surface area contributed by atoms with Crippen molar-refractivity contribution in [3.63, 3.8) is 0 Å². The standard InChI is InChI=1S/C8H21N3O2S/c1-4-5-10-14(12,13)11-8(3)7(2)6-9/h7-8,10-11H,4-6,9H2,1-3H3. The van der Waals surface area contributed by atoms with E-state index in [9.17, 15) is 8.42 Å². The molecular formula is C8H21N3O2S. The van der Waals surface area contributed by atoms with Gasteiger partial charge in [-0.3, -0.25) is 0 Å². The Balaban J connectivity index is 4.08. The molecule has 0 aliphatic carbocycles. The fraction of sp³-hybridized carbons (Fsp3) is 1.00. The maximum atomic E-state index is 11.4. The topological polar surface area (TPSA) is 84.2 Å². The first-order valence-corrected chi connectivity index (χ1v) is 6.38. The van der Waals surface area contributed by atoms with Crippen LogP contribution in [0.3, 0.4) is 0 Å². The molecule has 6 heteroatoms. The summed E-state index contributed by atoms with van der Waals surface area (Å²) < 4.78 is 27.7. The fourth-order valence-corrected chi connectivity index (χ4v) is 2.12. The average Bonchev–Trinajstić information content (AvgIpc) is 2.12. The second-order valence-corrected chi connectivity index (χ2v) is 5.05. The molecule has 0 saturated carbocycles. The van der Waals surface area contributed by atoms with Crippen molar-refractivity contribution in [1.29, 1.82) is 0 Å². The number of hydrogen-bond acceptors (Lipinski definition) is 3. The lowest BCUT2D eigenvalue weighted by atomic mass is 10.1. The van der Waals surface area contributed by atoms with Gasteiger partial charge in [-0.05, 0) is 25.8 Å². The lowest BCUT2D eigenvalue weighted by Crippen LogP contribution is -2.45. The van der Waals surface area contributed by atoms with Crippen LogP contribution < -0.4 is 15.2 Å². The number of nitrogens with two attached hydrogens (primary N) is 1. The Morgan fingerprint density at radius 2 is 1.93 bits per heavy atom. The molecule has 0 bridgehead atoms. The second-order valence-electron chi connectivity index (χ2n) is 3.52. The molecule has 0 aromatic heterocycles. The van der Waals surface area contributed by atoms with Gasteiger partial charge in [0.2, 0.25) is 0 Å². The molecule has 0 aromatic carbocycles. The highest BCUT2D eigenvalue weighted by Crippen LogP contribution is 2.00. The molecule has 2 atom stereocenters. The Hall–Kier alpha value is -0.170. The Morgan fingerprint density at radius 3 is 2.36 bits per heavy atom. The zero-order valence-electron chi connectivity index (χ0n) is 9.08. The summed E-state index contributed by atoms with van der Waals surface area (Å²) >= 11 is 0. The first-order chi connectivity index (χ1) is 6.43. The van der Waals surface area contributed by atoms with Gasteiger partial charge in [0.15, 0.2) is 0 Å². The van der Waals surface area contributed by atoms with E-state index in [2.05, 4.69) is 9.44 Å². The minimum Gasteiger partial charge on any atom is -0.330 e. The van der Waals surface area contributed by atoms with Crippen LogP contribution in [0.5, 0.6) is 0 Å². The molecule has 0 aromatic rings. The zero-order valence-corrected chi connectivity index (χ0v) is 9.89. The summed E-state index contributed by atoms with van der Waals surface area (Å²) in [6, 6.07) is -0.144. The van der Waals surface area contributed by atoms with Gasteiger partial charge in [0, 0.05) is 12.6 Å². The monoisotopic (exact) mass is 223 g/mol. The Bertz CT molecular complexity index is 241. The van der Waals surface area contributed by atoms with Crippen LogP contribution in [0, 0.1) is 5.92 Å². The molecule has 2 unspecified atom stereocenters. The SMILES string of the molecule is CCCNS(=O)(=O)NC(C)C(C)CN. The quantitative estimate of drug-likeness (QED) is 0.559. The van der Waals surface area contributed by atoms with Gasteiger partial charge >= 0.3 is 0 Å². The first kappa shape index (κ1) is 13.8. The molecule has 0 aliphatic heterocycles. The van der Waals surface area contributed by atoms with Crippen molar-refractivity contribution in [1.82, 2.24) is 9.44 Å². The highest BCUT2D eigenvalue weighted by Gasteiger charge is 2.17. The molecule has 0 saturated heterocycles. The van der Waals surface area contributed by atoms with E-state index in [0.29, 0.717) is 13.1 Å².